The molecular formula is C18H28O3. The Balaban J connectivity index is 2.22. The highest BCUT2D eigenvalue weighted by Gasteiger charge is 2.09. The van der Waals surface area contributed by atoms with Crippen LogP contribution in [0.2, 0.25) is 0 Å². The number of ether oxygens (including phenoxy) is 2. The molecule has 0 aliphatic carbocycles. The van der Waals surface area contributed by atoms with Gasteiger partial charge >= 0.3 is 0 Å². The van der Waals surface area contributed by atoms with E-state index in [1.807, 2.05) is 6.07 Å². The summed E-state index contributed by atoms with van der Waals surface area (Å²) in [5, 5.41) is 0. The molecule has 0 amide bonds. The van der Waals surface area contributed by atoms with Gasteiger partial charge in [-0.05, 0) is 18.6 Å². The Hall–Kier alpha value is -1.51. The Kier molecular flexibility index (Phi) is 9.34. The van der Waals surface area contributed by atoms with E-state index in [0.29, 0.717) is 23.7 Å². The van der Waals surface area contributed by atoms with Crippen molar-refractivity contribution < 1.29 is 14.3 Å². The summed E-state index contributed by atoms with van der Waals surface area (Å²) in [6, 6.07) is 5.36. The fraction of sp³-hybridized carbons (Fsp3) is 0.611. The van der Waals surface area contributed by atoms with Gasteiger partial charge in [-0.3, -0.25) is 4.79 Å². The van der Waals surface area contributed by atoms with Gasteiger partial charge in [-0.25, -0.2) is 0 Å². The third-order valence-corrected chi connectivity index (χ3v) is 3.60. The summed E-state index contributed by atoms with van der Waals surface area (Å²) in [6.45, 7) is 2.87. The number of hydrogen-bond acceptors (Lipinski definition) is 3. The van der Waals surface area contributed by atoms with Crippen molar-refractivity contribution in [3.05, 3.63) is 23.8 Å². The molecule has 0 bridgehead atoms. The van der Waals surface area contributed by atoms with Gasteiger partial charge in [0.25, 0.3) is 0 Å². The molecule has 0 unspecified atom stereocenters. The standard InChI is InChI=1S/C18H28O3/c1-3-4-5-6-7-8-9-10-14-21-18-16(15-19)12-11-13-17(18)20-2/h11-13,15H,3-10,14H2,1-2H3. The van der Waals surface area contributed by atoms with E-state index < -0.39 is 0 Å². The van der Waals surface area contributed by atoms with Crippen LogP contribution in [0.25, 0.3) is 0 Å². The number of benzene rings is 1. The fourth-order valence-electron chi connectivity index (χ4n) is 2.35. The second-order valence-electron chi connectivity index (χ2n) is 5.32. The molecule has 0 spiro atoms. The maximum Gasteiger partial charge on any atom is 0.171 e. The van der Waals surface area contributed by atoms with Gasteiger partial charge in [-0.15, -0.1) is 0 Å². The number of unbranched alkanes of at least 4 members (excludes halogenated alkanes) is 7. The number of methoxy groups -OCH3 is 1. The molecular weight excluding hydrogens is 264 g/mol. The van der Waals surface area contributed by atoms with E-state index in [-0.39, 0.29) is 0 Å². The first-order valence-corrected chi connectivity index (χ1v) is 8.08. The van der Waals surface area contributed by atoms with Crippen LogP contribution in [0.3, 0.4) is 0 Å². The van der Waals surface area contributed by atoms with Gasteiger partial charge in [0.05, 0.1) is 19.3 Å². The van der Waals surface area contributed by atoms with Gasteiger partial charge in [-0.1, -0.05) is 57.9 Å². The molecule has 1 aromatic carbocycles. The van der Waals surface area contributed by atoms with Crippen LogP contribution in [0.15, 0.2) is 18.2 Å². The minimum atomic E-state index is 0.550. The van der Waals surface area contributed by atoms with E-state index in [1.54, 1.807) is 19.2 Å². The Morgan fingerprint density at radius 1 is 1.00 bits per heavy atom. The average molecular weight is 292 g/mol. The lowest BCUT2D eigenvalue weighted by atomic mass is 10.1. The second-order valence-corrected chi connectivity index (χ2v) is 5.32. The van der Waals surface area contributed by atoms with E-state index >= 15 is 0 Å². The first-order valence-electron chi connectivity index (χ1n) is 8.08. The summed E-state index contributed by atoms with van der Waals surface area (Å²) in [5.74, 6) is 1.19. The van der Waals surface area contributed by atoms with E-state index in [0.717, 1.165) is 12.7 Å². The van der Waals surface area contributed by atoms with Gasteiger partial charge < -0.3 is 9.47 Å². The third kappa shape index (κ3) is 6.65. The summed E-state index contributed by atoms with van der Waals surface area (Å²) >= 11 is 0. The number of aldehydes is 1. The van der Waals surface area contributed by atoms with E-state index in [4.69, 9.17) is 9.47 Å². The number of rotatable bonds is 12. The molecule has 0 saturated carbocycles. The molecule has 0 N–H and O–H groups in total. The molecule has 0 radical (unpaired) electrons. The predicted molar refractivity (Wildman–Crippen MR) is 86.5 cm³/mol. The number of hydrogen-bond donors (Lipinski definition) is 0. The van der Waals surface area contributed by atoms with Crippen LogP contribution >= 0.6 is 0 Å². The molecule has 3 heteroatoms. The number of para-hydroxylation sites is 1. The van der Waals surface area contributed by atoms with Crippen molar-refractivity contribution in [1.82, 2.24) is 0 Å². The Bertz CT molecular complexity index is 401. The normalized spacial score (nSPS) is 10.4. The van der Waals surface area contributed by atoms with Gasteiger partial charge in [0.2, 0.25) is 0 Å². The molecule has 0 aliphatic rings. The summed E-state index contributed by atoms with van der Waals surface area (Å²) in [4.78, 5) is 11.0. The van der Waals surface area contributed by atoms with Crippen molar-refractivity contribution in [1.29, 1.82) is 0 Å². The lowest BCUT2D eigenvalue weighted by Crippen LogP contribution is -2.02. The van der Waals surface area contributed by atoms with Crippen molar-refractivity contribution in [3.8, 4) is 11.5 Å². The first kappa shape index (κ1) is 17.5. The monoisotopic (exact) mass is 292 g/mol. The fourth-order valence-corrected chi connectivity index (χ4v) is 2.35. The van der Waals surface area contributed by atoms with Gasteiger partial charge in [0, 0.05) is 0 Å². The molecule has 3 nitrogen and oxygen atoms in total. The summed E-state index contributed by atoms with van der Waals surface area (Å²) in [7, 11) is 1.59. The SMILES string of the molecule is CCCCCCCCCCOc1c(C=O)cccc1OC. The topological polar surface area (TPSA) is 35.5 Å². The van der Waals surface area contributed by atoms with Gasteiger partial charge in [0.15, 0.2) is 17.8 Å². The molecule has 0 heterocycles. The zero-order valence-electron chi connectivity index (χ0n) is 13.4. The third-order valence-electron chi connectivity index (χ3n) is 3.60. The maximum absolute atomic E-state index is 11.0. The highest BCUT2D eigenvalue weighted by atomic mass is 16.5. The van der Waals surface area contributed by atoms with Gasteiger partial charge in [-0.2, -0.15) is 0 Å². The molecule has 0 aliphatic heterocycles. The quantitative estimate of drug-likeness (QED) is 0.400. The van der Waals surface area contributed by atoms with Crippen molar-refractivity contribution in [2.75, 3.05) is 13.7 Å². The zero-order chi connectivity index (χ0) is 15.3. The summed E-state index contributed by atoms with van der Waals surface area (Å²) in [5.41, 5.74) is 0.550. The van der Waals surface area contributed by atoms with Crippen LogP contribution in [-0.4, -0.2) is 20.0 Å². The number of carbonyl (C=O) groups excluding carboxylic acids is 1. The van der Waals surface area contributed by atoms with Crippen LogP contribution in [0.4, 0.5) is 0 Å². The number of carbonyl (C=O) groups is 1. The average Bonchev–Trinajstić information content (AvgIpc) is 2.53. The van der Waals surface area contributed by atoms with Crippen LogP contribution in [-0.2, 0) is 0 Å². The predicted octanol–water partition coefficient (Wildman–Crippen LogP) is 5.03. The van der Waals surface area contributed by atoms with Crippen molar-refractivity contribution in [2.45, 2.75) is 58.3 Å². The summed E-state index contributed by atoms with van der Waals surface area (Å²) in [6.07, 6.45) is 10.9. The maximum atomic E-state index is 11.0. The van der Waals surface area contributed by atoms with E-state index in [9.17, 15) is 4.79 Å². The van der Waals surface area contributed by atoms with Crippen molar-refractivity contribution >= 4 is 6.29 Å². The summed E-state index contributed by atoms with van der Waals surface area (Å²) < 4.78 is 11.0. The Morgan fingerprint density at radius 2 is 1.67 bits per heavy atom. The highest BCUT2D eigenvalue weighted by Crippen LogP contribution is 2.30. The largest absolute Gasteiger partial charge is 0.493 e. The molecule has 1 rings (SSSR count). The van der Waals surface area contributed by atoms with Crippen LogP contribution in [0.5, 0.6) is 11.5 Å². The van der Waals surface area contributed by atoms with Crippen molar-refractivity contribution in [3.63, 3.8) is 0 Å². The molecule has 118 valence electrons. The molecule has 1 aromatic rings. The smallest absolute Gasteiger partial charge is 0.171 e. The van der Waals surface area contributed by atoms with E-state index in [1.165, 1.54) is 44.9 Å². The van der Waals surface area contributed by atoms with Crippen molar-refractivity contribution in [2.24, 2.45) is 0 Å². The molecule has 0 aromatic heterocycles. The molecule has 0 atom stereocenters. The minimum absolute atomic E-state index is 0.550. The van der Waals surface area contributed by atoms with Crippen LogP contribution in [0.1, 0.15) is 68.6 Å². The molecule has 0 saturated heterocycles. The highest BCUT2D eigenvalue weighted by molar-refractivity contribution is 5.81. The van der Waals surface area contributed by atoms with Gasteiger partial charge in [0.1, 0.15) is 0 Å². The lowest BCUT2D eigenvalue weighted by Gasteiger charge is -2.12. The zero-order valence-corrected chi connectivity index (χ0v) is 13.4. The first-order chi connectivity index (χ1) is 10.3. The van der Waals surface area contributed by atoms with Crippen LogP contribution < -0.4 is 9.47 Å². The second kappa shape index (κ2) is 11.2. The Morgan fingerprint density at radius 3 is 2.29 bits per heavy atom. The molecule has 0 fully saturated rings. The van der Waals surface area contributed by atoms with Crippen LogP contribution in [0, 0.1) is 0 Å². The Labute approximate surface area is 128 Å². The lowest BCUT2D eigenvalue weighted by molar-refractivity contribution is 0.111. The minimum Gasteiger partial charge on any atom is -0.493 e. The molecule has 21 heavy (non-hydrogen) atoms. The van der Waals surface area contributed by atoms with E-state index in [2.05, 4.69) is 6.92 Å².